The topological polar surface area (TPSA) is 47.0 Å². The van der Waals surface area contributed by atoms with Crippen molar-refractivity contribution in [1.82, 2.24) is 4.98 Å². The molecule has 0 saturated heterocycles. The average Bonchev–Trinajstić information content (AvgIpc) is 2.06. The van der Waals surface area contributed by atoms with Crippen molar-refractivity contribution in [1.29, 1.82) is 0 Å². The van der Waals surface area contributed by atoms with E-state index in [1.807, 2.05) is 0 Å². The van der Waals surface area contributed by atoms with Crippen molar-refractivity contribution in [3.05, 3.63) is 22.2 Å². The van der Waals surface area contributed by atoms with Gasteiger partial charge in [-0.15, -0.1) is 0 Å². The predicted octanol–water partition coefficient (Wildman–Crippen LogP) is 2.85. The molecule has 9 heteroatoms. The Morgan fingerprint density at radius 1 is 1.47 bits per heavy atom. The molecule has 15 heavy (non-hydrogen) atoms. The molecular weight excluding hydrogens is 322 g/mol. The summed E-state index contributed by atoms with van der Waals surface area (Å²) >= 11 is 2.61. The minimum atomic E-state index is -4.22. The molecule has 0 radical (unpaired) electrons. The summed E-state index contributed by atoms with van der Waals surface area (Å²) in [5.74, 6) is -1.42. The first kappa shape index (κ1) is 12.7. The number of aromatic nitrogens is 1. The Bertz CT molecular complexity index is 493. The fraction of sp³-hybridized carbons (Fsp3) is 0.167. The maximum atomic E-state index is 12.9. The van der Waals surface area contributed by atoms with Gasteiger partial charge >= 0.3 is 0 Å². The smallest absolute Gasteiger partial charge is 0.235 e. The van der Waals surface area contributed by atoms with E-state index >= 15 is 0 Å². The summed E-state index contributed by atoms with van der Waals surface area (Å²) in [6, 6.07) is 0.390. The van der Waals surface area contributed by atoms with Crippen molar-refractivity contribution in [2.75, 3.05) is 0 Å². The van der Waals surface area contributed by atoms with Gasteiger partial charge in [0.25, 0.3) is 15.5 Å². The molecule has 3 nitrogen and oxygen atoms in total. The SMILES string of the molecule is O=S(=O)(Cl)c1cc(F)c(C(F)F)nc1Br. The quantitative estimate of drug-likeness (QED) is 0.621. The van der Waals surface area contributed by atoms with Gasteiger partial charge in [-0.1, -0.05) is 0 Å². The van der Waals surface area contributed by atoms with Crippen molar-refractivity contribution in [2.45, 2.75) is 11.3 Å². The molecule has 0 amide bonds. The van der Waals surface area contributed by atoms with Crippen LogP contribution in [0.15, 0.2) is 15.6 Å². The Morgan fingerprint density at radius 3 is 2.40 bits per heavy atom. The van der Waals surface area contributed by atoms with E-state index in [9.17, 15) is 21.6 Å². The zero-order valence-electron chi connectivity index (χ0n) is 6.72. The molecule has 1 aromatic heterocycles. The second kappa shape index (κ2) is 4.26. The molecule has 0 aliphatic rings. The van der Waals surface area contributed by atoms with E-state index in [-0.39, 0.29) is 0 Å². The van der Waals surface area contributed by atoms with Crippen LogP contribution in [0.5, 0.6) is 0 Å². The maximum Gasteiger partial charge on any atom is 0.283 e. The van der Waals surface area contributed by atoms with Crippen LogP contribution in [0.4, 0.5) is 13.2 Å². The van der Waals surface area contributed by atoms with Gasteiger partial charge in [0.1, 0.15) is 15.2 Å². The van der Waals surface area contributed by atoms with E-state index in [0.717, 1.165) is 0 Å². The minimum absolute atomic E-state index is 0.390. The van der Waals surface area contributed by atoms with Crippen LogP contribution in [-0.2, 0) is 9.05 Å². The lowest BCUT2D eigenvalue weighted by molar-refractivity contribution is 0.140. The number of alkyl halides is 2. The van der Waals surface area contributed by atoms with Gasteiger partial charge < -0.3 is 0 Å². The molecular formula is C6H2BrClF3NO2S. The lowest BCUT2D eigenvalue weighted by Crippen LogP contribution is -2.02. The third-order valence-electron chi connectivity index (χ3n) is 1.39. The predicted molar refractivity (Wildman–Crippen MR) is 49.9 cm³/mol. The van der Waals surface area contributed by atoms with Crippen molar-refractivity contribution in [3.63, 3.8) is 0 Å². The van der Waals surface area contributed by atoms with Crippen LogP contribution in [0.1, 0.15) is 12.1 Å². The van der Waals surface area contributed by atoms with Crippen LogP contribution in [0.25, 0.3) is 0 Å². The monoisotopic (exact) mass is 323 g/mol. The van der Waals surface area contributed by atoms with Crippen LogP contribution in [-0.4, -0.2) is 13.4 Å². The molecule has 1 rings (SSSR count). The summed E-state index contributed by atoms with van der Waals surface area (Å²) in [7, 11) is 0.695. The minimum Gasteiger partial charge on any atom is -0.235 e. The molecule has 0 atom stereocenters. The second-order valence-corrected chi connectivity index (χ2v) is 5.67. The summed E-state index contributed by atoms with van der Waals surface area (Å²) in [4.78, 5) is 2.38. The molecule has 0 spiro atoms. The zero-order valence-corrected chi connectivity index (χ0v) is 9.87. The van der Waals surface area contributed by atoms with Crippen LogP contribution in [0.3, 0.4) is 0 Å². The van der Waals surface area contributed by atoms with Gasteiger partial charge in [0.2, 0.25) is 0 Å². The van der Waals surface area contributed by atoms with Crippen molar-refractivity contribution >= 4 is 35.7 Å². The Morgan fingerprint density at radius 2 is 2.00 bits per heavy atom. The summed E-state index contributed by atoms with van der Waals surface area (Å²) in [6.07, 6.45) is -3.13. The highest BCUT2D eigenvalue weighted by molar-refractivity contribution is 9.10. The Balaban J connectivity index is 3.46. The van der Waals surface area contributed by atoms with Gasteiger partial charge in [-0.05, 0) is 22.0 Å². The van der Waals surface area contributed by atoms with Crippen LogP contribution in [0, 0.1) is 5.82 Å². The Kier molecular flexibility index (Phi) is 3.62. The van der Waals surface area contributed by atoms with Crippen molar-refractivity contribution in [3.8, 4) is 0 Å². The summed E-state index contributed by atoms with van der Waals surface area (Å²) < 4.78 is 58.4. The van der Waals surface area contributed by atoms with E-state index in [2.05, 4.69) is 20.9 Å². The normalized spacial score (nSPS) is 12.1. The van der Waals surface area contributed by atoms with Crippen LogP contribution >= 0.6 is 26.6 Å². The lowest BCUT2D eigenvalue weighted by Gasteiger charge is -2.04. The molecule has 0 bridgehead atoms. The Labute approximate surface area is 95.8 Å². The number of nitrogens with zero attached hydrogens (tertiary/aromatic N) is 1. The maximum absolute atomic E-state index is 12.9. The van der Waals surface area contributed by atoms with Gasteiger partial charge in [0, 0.05) is 10.7 Å². The van der Waals surface area contributed by atoms with Gasteiger partial charge in [-0.2, -0.15) is 0 Å². The standard InChI is InChI=1S/C6H2BrClF3NO2S/c7-5-3(15(8,13)14)1-2(9)4(12-5)6(10)11/h1,6H. The summed E-state index contributed by atoms with van der Waals surface area (Å²) in [5.41, 5.74) is -1.13. The number of hydrogen-bond donors (Lipinski definition) is 0. The summed E-state index contributed by atoms with van der Waals surface area (Å²) in [5, 5.41) is 0. The van der Waals surface area contributed by atoms with Gasteiger partial charge in [0.15, 0.2) is 5.82 Å². The van der Waals surface area contributed by atoms with E-state index in [1.165, 1.54) is 0 Å². The Hall–Kier alpha value is -0.340. The molecule has 0 fully saturated rings. The third-order valence-corrected chi connectivity index (χ3v) is 3.60. The molecule has 0 unspecified atom stereocenters. The zero-order chi connectivity index (χ0) is 11.8. The van der Waals surface area contributed by atoms with E-state index in [4.69, 9.17) is 10.7 Å². The molecule has 1 heterocycles. The molecule has 0 aromatic carbocycles. The second-order valence-electron chi connectivity index (χ2n) is 2.38. The van der Waals surface area contributed by atoms with E-state index < -0.39 is 36.5 Å². The van der Waals surface area contributed by atoms with Gasteiger partial charge in [-0.25, -0.2) is 26.6 Å². The van der Waals surface area contributed by atoms with E-state index in [0.29, 0.717) is 6.07 Å². The number of rotatable bonds is 2. The molecule has 0 aliphatic carbocycles. The molecule has 0 N–H and O–H groups in total. The van der Waals surface area contributed by atoms with Crippen molar-refractivity contribution < 1.29 is 21.6 Å². The van der Waals surface area contributed by atoms with Crippen LogP contribution < -0.4 is 0 Å². The van der Waals surface area contributed by atoms with Crippen LogP contribution in [0.2, 0.25) is 0 Å². The average molecular weight is 325 g/mol. The number of halogens is 5. The lowest BCUT2D eigenvalue weighted by atomic mass is 10.3. The first-order valence-corrected chi connectivity index (χ1v) is 6.42. The number of hydrogen-bond acceptors (Lipinski definition) is 3. The first-order valence-electron chi connectivity index (χ1n) is 3.32. The molecule has 84 valence electrons. The molecule has 1 aromatic rings. The highest BCUT2D eigenvalue weighted by atomic mass is 79.9. The molecule has 0 aliphatic heterocycles. The fourth-order valence-corrected chi connectivity index (χ4v) is 2.86. The van der Waals surface area contributed by atoms with Gasteiger partial charge in [0.05, 0.1) is 0 Å². The molecule has 0 saturated carbocycles. The highest BCUT2D eigenvalue weighted by Crippen LogP contribution is 2.29. The van der Waals surface area contributed by atoms with E-state index in [1.54, 1.807) is 0 Å². The third kappa shape index (κ3) is 2.82. The first-order chi connectivity index (χ1) is 6.73. The number of pyridine rings is 1. The summed E-state index contributed by atoms with van der Waals surface area (Å²) in [6.45, 7) is 0. The largest absolute Gasteiger partial charge is 0.283 e. The van der Waals surface area contributed by atoms with Crippen molar-refractivity contribution in [2.24, 2.45) is 0 Å². The van der Waals surface area contributed by atoms with Gasteiger partial charge in [-0.3, -0.25) is 0 Å². The highest BCUT2D eigenvalue weighted by Gasteiger charge is 2.23. The fourth-order valence-electron chi connectivity index (χ4n) is 0.787.